The summed E-state index contributed by atoms with van der Waals surface area (Å²) in [4.78, 5) is 36.7. The van der Waals surface area contributed by atoms with Crippen molar-refractivity contribution in [1.82, 2.24) is 30.2 Å². The number of fused-ring (bicyclic) bond motifs is 1. The molecule has 1 aliphatic rings. The lowest BCUT2D eigenvalue weighted by atomic mass is 10.00. The van der Waals surface area contributed by atoms with Crippen molar-refractivity contribution in [3.05, 3.63) is 69.4 Å². The number of rotatable bonds is 9. The van der Waals surface area contributed by atoms with Crippen LogP contribution in [0.4, 0.5) is 10.3 Å². The van der Waals surface area contributed by atoms with Gasteiger partial charge in [0.25, 0.3) is 0 Å². The molecular formula is C25H24BrFN8O2. The zero-order chi connectivity index (χ0) is 25.8. The second-order valence-electron chi connectivity index (χ2n) is 8.34. The number of carbonyl (C=O) groups excluding carboxylic acids is 1. The summed E-state index contributed by atoms with van der Waals surface area (Å²) in [6.07, 6.45) is 5.66. The molecule has 1 atom stereocenters. The summed E-state index contributed by atoms with van der Waals surface area (Å²) < 4.78 is 19.3. The van der Waals surface area contributed by atoms with Crippen molar-refractivity contribution >= 4 is 33.9 Å². The van der Waals surface area contributed by atoms with E-state index in [2.05, 4.69) is 52.6 Å². The van der Waals surface area contributed by atoms with E-state index in [1.54, 1.807) is 24.4 Å². The maximum atomic E-state index is 13.5. The van der Waals surface area contributed by atoms with Crippen LogP contribution in [0.5, 0.6) is 0 Å². The molecule has 0 radical (unpaired) electrons. The van der Waals surface area contributed by atoms with Crippen molar-refractivity contribution < 1.29 is 13.9 Å². The zero-order valence-electron chi connectivity index (χ0n) is 19.9. The lowest BCUT2D eigenvalue weighted by Crippen LogP contribution is -2.31. The third kappa shape index (κ3) is 5.59. The molecule has 3 aromatic heterocycles. The van der Waals surface area contributed by atoms with Crippen LogP contribution in [-0.2, 0) is 9.53 Å². The molecule has 4 N–H and O–H groups in total. The van der Waals surface area contributed by atoms with Gasteiger partial charge in [-0.2, -0.15) is 0 Å². The first kappa shape index (κ1) is 24.8. The largest absolute Gasteiger partial charge is 0.375 e. The highest BCUT2D eigenvalue weighted by Crippen LogP contribution is 2.32. The Morgan fingerprint density at radius 1 is 1.22 bits per heavy atom. The van der Waals surface area contributed by atoms with E-state index >= 15 is 0 Å². The third-order valence-corrected chi connectivity index (χ3v) is 6.44. The van der Waals surface area contributed by atoms with Crippen LogP contribution in [-0.4, -0.2) is 64.2 Å². The first-order valence-corrected chi connectivity index (χ1v) is 12.4. The van der Waals surface area contributed by atoms with E-state index in [1.165, 1.54) is 19.2 Å². The minimum atomic E-state index is -0.315. The molecular weight excluding hydrogens is 543 g/mol. The molecule has 190 valence electrons. The SMILES string of the molecule is COCC(=O)NCCNc1nccc(-c2nc(-c3ccc(F)cc3)[nH]c2C2C=c3c(Br)c[nH]c3=NC2)n1. The highest BCUT2D eigenvalue weighted by molar-refractivity contribution is 9.10. The minimum absolute atomic E-state index is 0.00953. The van der Waals surface area contributed by atoms with Gasteiger partial charge in [0.15, 0.2) is 0 Å². The molecule has 1 unspecified atom stereocenters. The first-order chi connectivity index (χ1) is 18.0. The molecule has 0 spiro atoms. The van der Waals surface area contributed by atoms with Gasteiger partial charge in [-0.3, -0.25) is 9.79 Å². The zero-order valence-corrected chi connectivity index (χ0v) is 21.5. The molecule has 0 fully saturated rings. The fraction of sp³-hybridized carbons (Fsp3) is 0.240. The fourth-order valence-corrected chi connectivity index (χ4v) is 4.47. The monoisotopic (exact) mass is 566 g/mol. The summed E-state index contributed by atoms with van der Waals surface area (Å²) >= 11 is 3.58. The smallest absolute Gasteiger partial charge is 0.246 e. The first-order valence-electron chi connectivity index (χ1n) is 11.6. The van der Waals surface area contributed by atoms with E-state index in [4.69, 9.17) is 14.7 Å². The van der Waals surface area contributed by atoms with Gasteiger partial charge in [-0.15, -0.1) is 0 Å². The Kier molecular flexibility index (Phi) is 7.37. The van der Waals surface area contributed by atoms with Crippen molar-refractivity contribution in [1.29, 1.82) is 0 Å². The summed E-state index contributed by atoms with van der Waals surface area (Å²) in [6, 6.07) is 7.96. The van der Waals surface area contributed by atoms with Crippen LogP contribution in [0.15, 0.2) is 52.2 Å². The van der Waals surface area contributed by atoms with Gasteiger partial charge in [0.2, 0.25) is 11.9 Å². The number of halogens is 2. The van der Waals surface area contributed by atoms with Crippen LogP contribution < -0.4 is 21.3 Å². The van der Waals surface area contributed by atoms with Gasteiger partial charge in [-0.25, -0.2) is 19.3 Å². The van der Waals surface area contributed by atoms with E-state index in [9.17, 15) is 9.18 Å². The third-order valence-electron chi connectivity index (χ3n) is 5.79. The Balaban J connectivity index is 1.46. The number of amides is 1. The average molecular weight is 567 g/mol. The van der Waals surface area contributed by atoms with Crippen molar-refractivity contribution in [2.45, 2.75) is 5.92 Å². The van der Waals surface area contributed by atoms with E-state index in [1.807, 2.05) is 6.20 Å². The molecule has 0 saturated carbocycles. The van der Waals surface area contributed by atoms with Crippen LogP contribution >= 0.6 is 15.9 Å². The predicted octanol–water partition coefficient (Wildman–Crippen LogP) is 2.14. The van der Waals surface area contributed by atoms with Gasteiger partial charge in [0, 0.05) is 53.8 Å². The normalized spacial score (nSPS) is 14.4. The number of carbonyl (C=O) groups is 1. The number of methoxy groups -OCH3 is 1. The highest BCUT2D eigenvalue weighted by atomic mass is 79.9. The molecule has 37 heavy (non-hydrogen) atoms. The van der Waals surface area contributed by atoms with E-state index in [-0.39, 0.29) is 24.2 Å². The maximum absolute atomic E-state index is 13.5. The number of nitrogens with zero attached hydrogens (tertiary/aromatic N) is 4. The Hall–Kier alpha value is -3.90. The topological polar surface area (TPSA) is 133 Å². The molecule has 1 amide bonds. The van der Waals surface area contributed by atoms with Gasteiger partial charge in [0.1, 0.15) is 29.4 Å². The molecule has 1 aromatic carbocycles. The minimum Gasteiger partial charge on any atom is -0.375 e. The molecule has 4 heterocycles. The van der Waals surface area contributed by atoms with Gasteiger partial charge in [0.05, 0.1) is 17.9 Å². The van der Waals surface area contributed by atoms with Crippen molar-refractivity contribution in [3.8, 4) is 22.8 Å². The van der Waals surface area contributed by atoms with Crippen LogP contribution in [0.2, 0.25) is 0 Å². The van der Waals surface area contributed by atoms with E-state index < -0.39 is 0 Å². The van der Waals surface area contributed by atoms with E-state index in [0.29, 0.717) is 42.8 Å². The number of benzene rings is 1. The molecule has 1 aliphatic heterocycles. The van der Waals surface area contributed by atoms with Crippen molar-refractivity contribution in [2.75, 3.05) is 38.7 Å². The lowest BCUT2D eigenvalue weighted by Gasteiger charge is -2.13. The van der Waals surface area contributed by atoms with Crippen molar-refractivity contribution in [3.63, 3.8) is 0 Å². The number of aromatic amines is 2. The molecule has 5 rings (SSSR count). The van der Waals surface area contributed by atoms with Gasteiger partial charge in [-0.1, -0.05) is 6.08 Å². The Bertz CT molecular complexity index is 1530. The van der Waals surface area contributed by atoms with Crippen molar-refractivity contribution in [2.24, 2.45) is 4.99 Å². The molecule has 0 bridgehead atoms. The number of hydrogen-bond acceptors (Lipinski definition) is 7. The number of hydrogen-bond donors (Lipinski definition) is 4. The molecule has 0 saturated heterocycles. The fourth-order valence-electron chi connectivity index (χ4n) is 4.04. The van der Waals surface area contributed by atoms with Crippen LogP contribution in [0.25, 0.3) is 28.9 Å². The van der Waals surface area contributed by atoms with Crippen LogP contribution in [0, 0.1) is 5.82 Å². The standard InChI is InChI=1S/C25H24BrFN8O2/c1-37-13-20(36)28-8-9-30-25-29-7-6-19(33-25)22-21(15-10-17-18(26)12-32-24(17)31-11-15)34-23(35-22)14-2-4-16(27)5-3-14/h2-7,10,12,15H,8-9,11,13H2,1H3,(H,28,36)(H,31,32)(H,34,35)(H,29,30,33). The Labute approximate surface area is 219 Å². The number of aromatic nitrogens is 5. The number of ether oxygens (including phenoxy) is 1. The van der Waals surface area contributed by atoms with Gasteiger partial charge in [-0.05, 0) is 46.3 Å². The Morgan fingerprint density at radius 2 is 2.05 bits per heavy atom. The number of imidazole rings is 1. The summed E-state index contributed by atoms with van der Waals surface area (Å²) in [5, 5.41) is 6.85. The summed E-state index contributed by atoms with van der Waals surface area (Å²) in [5.41, 5.74) is 3.70. The maximum Gasteiger partial charge on any atom is 0.246 e. The lowest BCUT2D eigenvalue weighted by molar-refractivity contribution is -0.124. The second-order valence-corrected chi connectivity index (χ2v) is 9.20. The Morgan fingerprint density at radius 3 is 2.86 bits per heavy atom. The number of nitrogens with one attached hydrogen (secondary N) is 4. The van der Waals surface area contributed by atoms with Crippen LogP contribution in [0.1, 0.15) is 11.6 Å². The molecule has 10 nitrogen and oxygen atoms in total. The highest BCUT2D eigenvalue weighted by Gasteiger charge is 2.23. The van der Waals surface area contributed by atoms with E-state index in [0.717, 1.165) is 26.4 Å². The molecule has 4 aromatic rings. The summed E-state index contributed by atoms with van der Waals surface area (Å²) in [5.74, 6) is 0.415. The second kappa shape index (κ2) is 11.0. The van der Waals surface area contributed by atoms with Gasteiger partial charge < -0.3 is 25.3 Å². The van der Waals surface area contributed by atoms with Gasteiger partial charge >= 0.3 is 0 Å². The number of H-pyrrole nitrogens is 2. The summed E-state index contributed by atoms with van der Waals surface area (Å²) in [6.45, 7) is 1.36. The molecule has 0 aliphatic carbocycles. The number of anilines is 1. The van der Waals surface area contributed by atoms with Crippen LogP contribution in [0.3, 0.4) is 0 Å². The average Bonchev–Trinajstić information content (AvgIpc) is 3.51. The predicted molar refractivity (Wildman–Crippen MR) is 140 cm³/mol. The quantitative estimate of drug-likeness (QED) is 0.229. The molecule has 12 heteroatoms. The summed E-state index contributed by atoms with van der Waals surface area (Å²) in [7, 11) is 1.47.